The minimum Gasteiger partial charge on any atom is -0.365 e. The lowest BCUT2D eigenvalue weighted by Crippen LogP contribution is -2.30. The van der Waals surface area contributed by atoms with Crippen LogP contribution in [0.2, 0.25) is 0 Å². The Bertz CT molecular complexity index is 286. The second kappa shape index (κ2) is 3.68. The largest absolute Gasteiger partial charge is 0.365 e. The molecule has 1 rings (SSSR count). The quantitative estimate of drug-likeness (QED) is 0.730. The molecule has 1 aromatic rings. The van der Waals surface area contributed by atoms with Gasteiger partial charge in [-0.3, -0.25) is 0 Å². The fourth-order valence-corrected chi connectivity index (χ4v) is 0.837. The van der Waals surface area contributed by atoms with Crippen molar-refractivity contribution in [2.45, 2.75) is 32.7 Å². The zero-order valence-corrected chi connectivity index (χ0v) is 8.13. The van der Waals surface area contributed by atoms with Crippen LogP contribution in [-0.4, -0.2) is 15.5 Å². The summed E-state index contributed by atoms with van der Waals surface area (Å²) in [6.45, 7) is 6.13. The number of nitrogens with one attached hydrogen (secondary N) is 1. The number of rotatable bonds is 3. The summed E-state index contributed by atoms with van der Waals surface area (Å²) in [6.07, 6.45) is 2.15. The summed E-state index contributed by atoms with van der Waals surface area (Å²) in [4.78, 5) is 7.29. The van der Waals surface area contributed by atoms with Gasteiger partial charge in [0.25, 0.3) is 0 Å². The number of aromatic nitrogens is 2. The molecule has 1 aromatic heterocycles. The molecule has 0 bridgehead atoms. The molecule has 0 spiro atoms. The Morgan fingerprint density at radius 1 is 1.46 bits per heavy atom. The van der Waals surface area contributed by atoms with E-state index >= 15 is 0 Å². The molecule has 0 aromatic carbocycles. The fourth-order valence-electron chi connectivity index (χ4n) is 0.837. The van der Waals surface area contributed by atoms with Crippen LogP contribution in [0.5, 0.6) is 0 Å². The average molecular weight is 183 g/mol. The van der Waals surface area contributed by atoms with Gasteiger partial charge < -0.3 is 5.32 Å². The van der Waals surface area contributed by atoms with Crippen molar-refractivity contribution in [3.63, 3.8) is 0 Å². The second-order valence-corrected chi connectivity index (χ2v) is 3.59. The normalized spacial score (nSPS) is 11.4. The van der Waals surface area contributed by atoms with Crippen LogP contribution < -0.4 is 5.32 Å². The Kier molecular flexibility index (Phi) is 2.80. The van der Waals surface area contributed by atoms with Crippen LogP contribution in [0, 0.1) is 5.95 Å². The van der Waals surface area contributed by atoms with Gasteiger partial charge in [0.05, 0.1) is 0 Å². The molecule has 4 heteroatoms. The molecule has 0 radical (unpaired) electrons. The molecule has 0 atom stereocenters. The van der Waals surface area contributed by atoms with Crippen molar-refractivity contribution in [2.75, 3.05) is 5.32 Å². The molecule has 3 nitrogen and oxygen atoms in total. The Morgan fingerprint density at radius 3 is 2.69 bits per heavy atom. The van der Waals surface area contributed by atoms with Gasteiger partial charge in [0.2, 0.25) is 5.95 Å². The molecular weight excluding hydrogens is 169 g/mol. The molecular formula is C9H14FN3. The first-order chi connectivity index (χ1) is 6.03. The molecule has 13 heavy (non-hydrogen) atoms. The highest BCUT2D eigenvalue weighted by atomic mass is 19.1. The fraction of sp³-hybridized carbons (Fsp3) is 0.556. The highest BCUT2D eigenvalue weighted by Gasteiger charge is 2.14. The van der Waals surface area contributed by atoms with Crippen molar-refractivity contribution < 1.29 is 4.39 Å². The van der Waals surface area contributed by atoms with E-state index in [2.05, 4.69) is 22.2 Å². The predicted octanol–water partition coefficient (Wildman–Crippen LogP) is 2.22. The first-order valence-corrected chi connectivity index (χ1v) is 4.29. The molecule has 1 N–H and O–H groups in total. The lowest BCUT2D eigenvalue weighted by atomic mass is 10.0. The van der Waals surface area contributed by atoms with Crippen LogP contribution in [-0.2, 0) is 0 Å². The predicted molar refractivity (Wildman–Crippen MR) is 50.0 cm³/mol. The van der Waals surface area contributed by atoms with Crippen molar-refractivity contribution in [1.29, 1.82) is 0 Å². The third-order valence-corrected chi connectivity index (χ3v) is 1.98. The Morgan fingerprint density at radius 2 is 2.15 bits per heavy atom. The van der Waals surface area contributed by atoms with E-state index in [9.17, 15) is 4.39 Å². The average Bonchev–Trinajstić information content (AvgIpc) is 2.03. The third-order valence-electron chi connectivity index (χ3n) is 1.98. The highest BCUT2D eigenvalue weighted by molar-refractivity contribution is 5.35. The van der Waals surface area contributed by atoms with Gasteiger partial charge in [-0.2, -0.15) is 4.39 Å². The van der Waals surface area contributed by atoms with Crippen LogP contribution >= 0.6 is 0 Å². The maximum absolute atomic E-state index is 12.7. The van der Waals surface area contributed by atoms with E-state index in [0.717, 1.165) is 6.42 Å². The minimum absolute atomic E-state index is 0.0687. The minimum atomic E-state index is -0.510. The van der Waals surface area contributed by atoms with E-state index in [4.69, 9.17) is 0 Å². The number of hydrogen-bond acceptors (Lipinski definition) is 3. The van der Waals surface area contributed by atoms with Crippen molar-refractivity contribution >= 4 is 5.82 Å². The van der Waals surface area contributed by atoms with E-state index in [-0.39, 0.29) is 5.54 Å². The second-order valence-electron chi connectivity index (χ2n) is 3.59. The lowest BCUT2D eigenvalue weighted by Gasteiger charge is -2.24. The van der Waals surface area contributed by atoms with Gasteiger partial charge in [-0.25, -0.2) is 9.97 Å². The lowest BCUT2D eigenvalue weighted by molar-refractivity contribution is 0.539. The maximum Gasteiger partial charge on any atom is 0.217 e. The molecule has 72 valence electrons. The number of halogens is 1. The Hall–Kier alpha value is -1.19. The Labute approximate surface area is 77.4 Å². The van der Waals surface area contributed by atoms with Crippen LogP contribution in [0.15, 0.2) is 12.4 Å². The first kappa shape index (κ1) is 9.89. The first-order valence-electron chi connectivity index (χ1n) is 4.29. The molecule has 0 aliphatic rings. The summed E-state index contributed by atoms with van der Waals surface area (Å²) < 4.78 is 12.7. The Balaban J connectivity index is 2.74. The maximum atomic E-state index is 12.7. The van der Waals surface area contributed by atoms with E-state index in [1.54, 1.807) is 0 Å². The van der Waals surface area contributed by atoms with Crippen molar-refractivity contribution in [1.82, 2.24) is 9.97 Å². The van der Waals surface area contributed by atoms with Gasteiger partial charge in [0, 0.05) is 11.6 Å². The van der Waals surface area contributed by atoms with E-state index in [1.807, 2.05) is 13.8 Å². The van der Waals surface area contributed by atoms with Crippen LogP contribution in [0.25, 0.3) is 0 Å². The molecule has 0 saturated carbocycles. The van der Waals surface area contributed by atoms with E-state index in [0.29, 0.717) is 5.82 Å². The van der Waals surface area contributed by atoms with Crippen molar-refractivity contribution in [3.05, 3.63) is 18.3 Å². The standard InChI is InChI=1S/C9H14FN3/c1-4-9(2,3)13-8-5-7(10)11-6-12-8/h5-6H,4H2,1-3H3,(H,11,12,13). The van der Waals surface area contributed by atoms with Gasteiger partial charge in [0.1, 0.15) is 12.1 Å². The van der Waals surface area contributed by atoms with Gasteiger partial charge >= 0.3 is 0 Å². The van der Waals surface area contributed by atoms with Gasteiger partial charge in [-0.15, -0.1) is 0 Å². The smallest absolute Gasteiger partial charge is 0.217 e. The summed E-state index contributed by atoms with van der Waals surface area (Å²) in [5.74, 6) is 0.0174. The number of nitrogens with zero attached hydrogens (tertiary/aromatic N) is 2. The van der Waals surface area contributed by atoms with Crippen LogP contribution in [0.1, 0.15) is 27.2 Å². The molecule has 1 heterocycles. The third kappa shape index (κ3) is 2.97. The zero-order valence-electron chi connectivity index (χ0n) is 8.13. The van der Waals surface area contributed by atoms with Gasteiger partial charge in [-0.05, 0) is 20.3 Å². The number of anilines is 1. The van der Waals surface area contributed by atoms with Crippen LogP contribution in [0.4, 0.5) is 10.2 Å². The van der Waals surface area contributed by atoms with E-state index in [1.165, 1.54) is 12.4 Å². The highest BCUT2D eigenvalue weighted by Crippen LogP contribution is 2.15. The number of hydrogen-bond donors (Lipinski definition) is 1. The SMILES string of the molecule is CCC(C)(C)Nc1cc(F)ncn1. The molecule has 0 fully saturated rings. The van der Waals surface area contributed by atoms with Crippen LogP contribution in [0.3, 0.4) is 0 Å². The van der Waals surface area contributed by atoms with Gasteiger partial charge in [0.15, 0.2) is 0 Å². The summed E-state index contributed by atoms with van der Waals surface area (Å²) in [5.41, 5.74) is -0.0687. The van der Waals surface area contributed by atoms with Gasteiger partial charge in [-0.1, -0.05) is 6.92 Å². The molecule has 0 aliphatic carbocycles. The molecule has 0 aliphatic heterocycles. The summed E-state index contributed by atoms with van der Waals surface area (Å²) in [7, 11) is 0. The summed E-state index contributed by atoms with van der Waals surface area (Å²) in [6, 6.07) is 1.29. The zero-order chi connectivity index (χ0) is 9.90. The monoisotopic (exact) mass is 183 g/mol. The molecule has 0 unspecified atom stereocenters. The molecule has 0 amide bonds. The molecule has 0 saturated heterocycles. The topological polar surface area (TPSA) is 37.8 Å². The summed E-state index contributed by atoms with van der Waals surface area (Å²) >= 11 is 0. The van der Waals surface area contributed by atoms with Crippen molar-refractivity contribution in [3.8, 4) is 0 Å². The summed E-state index contributed by atoms with van der Waals surface area (Å²) in [5, 5.41) is 3.12. The van der Waals surface area contributed by atoms with E-state index < -0.39 is 5.95 Å². The van der Waals surface area contributed by atoms with Crippen molar-refractivity contribution in [2.24, 2.45) is 0 Å².